The summed E-state index contributed by atoms with van der Waals surface area (Å²) >= 11 is 0. The van der Waals surface area contributed by atoms with E-state index in [-0.39, 0.29) is 5.91 Å². The highest BCUT2D eigenvalue weighted by molar-refractivity contribution is 6.01. The van der Waals surface area contributed by atoms with Crippen molar-refractivity contribution in [2.75, 3.05) is 11.9 Å². The molecule has 0 saturated carbocycles. The number of hydrogen-bond donors (Lipinski definition) is 0. The van der Waals surface area contributed by atoms with E-state index < -0.39 is 0 Å². The molecule has 2 heteroatoms. The molecule has 1 amide bonds. The number of amides is 1. The number of hydrogen-bond acceptors (Lipinski definition) is 1. The van der Waals surface area contributed by atoms with E-state index in [2.05, 4.69) is 26.0 Å². The second-order valence-corrected chi connectivity index (χ2v) is 3.64. The van der Waals surface area contributed by atoms with Crippen molar-refractivity contribution in [2.24, 2.45) is 0 Å². The summed E-state index contributed by atoms with van der Waals surface area (Å²) in [6.45, 7) is 4.15. The van der Waals surface area contributed by atoms with Gasteiger partial charge in [0.05, 0.1) is 12.1 Å². The maximum atomic E-state index is 11.4. The number of carbonyl (C=O) groups excluding carboxylic acids is 1. The van der Waals surface area contributed by atoms with Crippen LogP contribution >= 0.6 is 0 Å². The first-order chi connectivity index (χ1) is 6.11. The van der Waals surface area contributed by atoms with Crippen molar-refractivity contribution < 1.29 is 4.79 Å². The smallest absolute Gasteiger partial charge is 0.231 e. The first-order valence-electron chi connectivity index (χ1n) is 4.47. The van der Waals surface area contributed by atoms with Crippen LogP contribution in [0.15, 0.2) is 12.1 Å². The number of anilines is 1. The van der Waals surface area contributed by atoms with Crippen LogP contribution in [0.5, 0.6) is 0 Å². The van der Waals surface area contributed by atoms with E-state index in [0.29, 0.717) is 6.42 Å². The Kier molecular flexibility index (Phi) is 1.65. The molecule has 0 unspecified atom stereocenters. The van der Waals surface area contributed by atoms with Gasteiger partial charge in [-0.3, -0.25) is 4.79 Å². The lowest BCUT2D eigenvalue weighted by Gasteiger charge is -2.14. The van der Waals surface area contributed by atoms with Crippen LogP contribution < -0.4 is 4.90 Å². The number of fused-ring (bicyclic) bond motifs is 1. The zero-order chi connectivity index (χ0) is 9.59. The second kappa shape index (κ2) is 2.59. The van der Waals surface area contributed by atoms with Gasteiger partial charge in [0.2, 0.25) is 5.91 Å². The summed E-state index contributed by atoms with van der Waals surface area (Å²) in [5, 5.41) is 0. The van der Waals surface area contributed by atoms with Gasteiger partial charge in [0.25, 0.3) is 0 Å². The molecule has 1 aromatic carbocycles. The van der Waals surface area contributed by atoms with Gasteiger partial charge in [0, 0.05) is 7.05 Å². The molecule has 0 fully saturated rings. The van der Waals surface area contributed by atoms with E-state index in [0.717, 1.165) is 11.3 Å². The fourth-order valence-electron chi connectivity index (χ4n) is 1.87. The first-order valence-corrected chi connectivity index (χ1v) is 4.47. The molecule has 0 aliphatic carbocycles. The van der Waals surface area contributed by atoms with Gasteiger partial charge in [-0.1, -0.05) is 12.1 Å². The van der Waals surface area contributed by atoms with Crippen LogP contribution in [0.1, 0.15) is 16.7 Å². The zero-order valence-electron chi connectivity index (χ0n) is 8.22. The number of nitrogens with zero attached hydrogens (tertiary/aromatic N) is 1. The third-order valence-corrected chi connectivity index (χ3v) is 2.84. The Balaban J connectivity index is 2.66. The lowest BCUT2D eigenvalue weighted by molar-refractivity contribution is -0.117. The maximum absolute atomic E-state index is 11.4. The number of rotatable bonds is 0. The SMILES string of the molecule is Cc1ccc2c(c1C)N(C)C(=O)C2. The minimum absolute atomic E-state index is 0.198. The molecular formula is C11H13NO. The quantitative estimate of drug-likeness (QED) is 0.589. The molecule has 1 heterocycles. The highest BCUT2D eigenvalue weighted by Crippen LogP contribution is 2.32. The first kappa shape index (κ1) is 8.30. The van der Waals surface area contributed by atoms with E-state index in [1.54, 1.807) is 4.90 Å². The number of carbonyl (C=O) groups is 1. The predicted octanol–water partition coefficient (Wildman–Crippen LogP) is 1.82. The lowest BCUT2D eigenvalue weighted by Crippen LogP contribution is -2.21. The average Bonchev–Trinajstić information content (AvgIpc) is 2.37. The lowest BCUT2D eigenvalue weighted by atomic mass is 10.0. The van der Waals surface area contributed by atoms with Crippen molar-refractivity contribution in [1.29, 1.82) is 0 Å². The molecule has 0 bridgehead atoms. The largest absolute Gasteiger partial charge is 0.315 e. The Morgan fingerprint density at radius 3 is 2.69 bits per heavy atom. The summed E-state index contributed by atoms with van der Waals surface area (Å²) < 4.78 is 0. The zero-order valence-corrected chi connectivity index (χ0v) is 8.22. The van der Waals surface area contributed by atoms with Gasteiger partial charge >= 0.3 is 0 Å². The maximum Gasteiger partial charge on any atom is 0.231 e. The predicted molar refractivity (Wildman–Crippen MR) is 53.0 cm³/mol. The summed E-state index contributed by atoms with van der Waals surface area (Å²) in [6.07, 6.45) is 0.562. The fourth-order valence-corrected chi connectivity index (χ4v) is 1.87. The monoisotopic (exact) mass is 175 g/mol. The average molecular weight is 175 g/mol. The molecule has 2 rings (SSSR count). The highest BCUT2D eigenvalue weighted by Gasteiger charge is 2.25. The molecule has 13 heavy (non-hydrogen) atoms. The van der Waals surface area contributed by atoms with Crippen molar-refractivity contribution in [2.45, 2.75) is 20.3 Å². The molecular weight excluding hydrogens is 162 g/mol. The van der Waals surface area contributed by atoms with Crippen molar-refractivity contribution in [1.82, 2.24) is 0 Å². The van der Waals surface area contributed by atoms with Gasteiger partial charge in [-0.15, -0.1) is 0 Å². The summed E-state index contributed by atoms with van der Waals surface area (Å²) in [5.74, 6) is 0.198. The summed E-state index contributed by atoms with van der Waals surface area (Å²) in [6, 6.07) is 4.14. The van der Waals surface area contributed by atoms with Gasteiger partial charge < -0.3 is 4.90 Å². The van der Waals surface area contributed by atoms with Crippen LogP contribution in [0.2, 0.25) is 0 Å². The van der Waals surface area contributed by atoms with Crippen LogP contribution in [0.25, 0.3) is 0 Å². The van der Waals surface area contributed by atoms with E-state index >= 15 is 0 Å². The molecule has 1 aromatic rings. The Labute approximate surface area is 78.2 Å². The molecule has 0 N–H and O–H groups in total. The molecule has 0 spiro atoms. The van der Waals surface area contributed by atoms with Gasteiger partial charge in [0.1, 0.15) is 0 Å². The molecule has 0 radical (unpaired) electrons. The third kappa shape index (κ3) is 1.05. The van der Waals surface area contributed by atoms with Crippen LogP contribution in [0, 0.1) is 13.8 Å². The number of benzene rings is 1. The van der Waals surface area contributed by atoms with Crippen LogP contribution in [0.3, 0.4) is 0 Å². The van der Waals surface area contributed by atoms with E-state index in [4.69, 9.17) is 0 Å². The normalized spacial score (nSPS) is 15.0. The molecule has 0 saturated heterocycles. The standard InChI is InChI=1S/C11H13NO/c1-7-4-5-9-6-10(13)12(3)11(9)8(7)2/h4-5H,6H2,1-3H3. The topological polar surface area (TPSA) is 20.3 Å². The molecule has 0 atom stereocenters. The van der Waals surface area contributed by atoms with Crippen molar-refractivity contribution in [3.63, 3.8) is 0 Å². The molecule has 68 valence electrons. The molecule has 2 nitrogen and oxygen atoms in total. The second-order valence-electron chi connectivity index (χ2n) is 3.64. The van der Waals surface area contributed by atoms with E-state index in [1.807, 2.05) is 7.05 Å². The van der Waals surface area contributed by atoms with Crippen molar-refractivity contribution in [3.8, 4) is 0 Å². The minimum Gasteiger partial charge on any atom is -0.315 e. The van der Waals surface area contributed by atoms with Gasteiger partial charge in [0.15, 0.2) is 0 Å². The van der Waals surface area contributed by atoms with E-state index in [9.17, 15) is 4.79 Å². The summed E-state index contributed by atoms with van der Waals surface area (Å²) in [4.78, 5) is 13.2. The highest BCUT2D eigenvalue weighted by atomic mass is 16.2. The Morgan fingerprint density at radius 1 is 1.31 bits per heavy atom. The molecule has 1 aliphatic rings. The molecule has 0 aromatic heterocycles. The van der Waals surface area contributed by atoms with Crippen molar-refractivity contribution >= 4 is 11.6 Å². The van der Waals surface area contributed by atoms with Gasteiger partial charge in [-0.2, -0.15) is 0 Å². The third-order valence-electron chi connectivity index (χ3n) is 2.84. The summed E-state index contributed by atoms with van der Waals surface area (Å²) in [5.41, 5.74) is 4.76. The van der Waals surface area contributed by atoms with Crippen LogP contribution in [0.4, 0.5) is 5.69 Å². The minimum atomic E-state index is 0.198. The Bertz CT molecular complexity index is 382. The van der Waals surface area contributed by atoms with Crippen LogP contribution in [-0.4, -0.2) is 13.0 Å². The van der Waals surface area contributed by atoms with E-state index in [1.165, 1.54) is 11.1 Å². The summed E-state index contributed by atoms with van der Waals surface area (Å²) in [7, 11) is 1.85. The molecule has 1 aliphatic heterocycles. The Hall–Kier alpha value is -1.31. The Morgan fingerprint density at radius 2 is 2.00 bits per heavy atom. The number of aryl methyl sites for hydroxylation is 1. The van der Waals surface area contributed by atoms with Crippen LogP contribution in [-0.2, 0) is 11.2 Å². The number of likely N-dealkylation sites (N-methyl/N-ethyl adjacent to an activating group) is 1. The van der Waals surface area contributed by atoms with Crippen molar-refractivity contribution in [3.05, 3.63) is 28.8 Å². The fraction of sp³-hybridized carbons (Fsp3) is 0.364. The van der Waals surface area contributed by atoms with Gasteiger partial charge in [-0.25, -0.2) is 0 Å². The van der Waals surface area contributed by atoms with Gasteiger partial charge in [-0.05, 0) is 30.5 Å².